The molecule has 0 radical (unpaired) electrons. The SMILES string of the molecule is C[C@H]1[C@H](NC(=O)c2ccc(Sc3nnco3)cc2)C2CCN1CC2. The van der Waals surface area contributed by atoms with Crippen LogP contribution in [-0.4, -0.2) is 46.2 Å². The number of carbonyl (C=O) groups excluding carboxylic acids is 1. The molecule has 4 heterocycles. The lowest BCUT2D eigenvalue weighted by molar-refractivity contribution is 0.0217. The molecule has 2 atom stereocenters. The van der Waals surface area contributed by atoms with E-state index in [9.17, 15) is 4.79 Å². The van der Waals surface area contributed by atoms with E-state index in [2.05, 4.69) is 27.3 Å². The number of carbonyl (C=O) groups is 1. The van der Waals surface area contributed by atoms with Crippen molar-refractivity contribution in [1.29, 1.82) is 0 Å². The maximum atomic E-state index is 12.6. The Bertz CT molecular complexity index is 694. The Morgan fingerprint density at radius 3 is 2.67 bits per heavy atom. The number of nitrogens with one attached hydrogen (secondary N) is 1. The lowest BCUT2D eigenvalue weighted by atomic mass is 9.79. The summed E-state index contributed by atoms with van der Waals surface area (Å²) in [6.45, 7) is 4.56. The number of hydrogen-bond acceptors (Lipinski definition) is 6. The highest BCUT2D eigenvalue weighted by molar-refractivity contribution is 7.99. The number of hydrogen-bond donors (Lipinski definition) is 1. The van der Waals surface area contributed by atoms with Crippen LogP contribution in [0.25, 0.3) is 0 Å². The largest absolute Gasteiger partial charge is 0.419 e. The molecular weight excluding hydrogens is 324 g/mol. The summed E-state index contributed by atoms with van der Waals surface area (Å²) in [5.41, 5.74) is 0.688. The van der Waals surface area contributed by atoms with Crippen molar-refractivity contribution in [2.45, 2.75) is 42.0 Å². The maximum Gasteiger partial charge on any atom is 0.281 e. The summed E-state index contributed by atoms with van der Waals surface area (Å²) in [6, 6.07) is 8.19. The third-order valence-corrected chi connectivity index (χ3v) is 6.00. The molecule has 1 aromatic carbocycles. The Labute approximate surface area is 145 Å². The van der Waals surface area contributed by atoms with Crippen LogP contribution in [-0.2, 0) is 0 Å². The third-order valence-electron chi connectivity index (χ3n) is 5.14. The molecule has 2 bridgehead atoms. The average molecular weight is 344 g/mol. The minimum absolute atomic E-state index is 0.00920. The van der Waals surface area contributed by atoms with Crippen molar-refractivity contribution in [3.8, 4) is 0 Å². The van der Waals surface area contributed by atoms with Gasteiger partial charge in [-0.05, 0) is 74.8 Å². The molecular formula is C17H20N4O2S. The Morgan fingerprint density at radius 2 is 2.04 bits per heavy atom. The summed E-state index contributed by atoms with van der Waals surface area (Å²) in [6.07, 6.45) is 3.68. The Hall–Kier alpha value is -1.86. The zero-order valence-electron chi connectivity index (χ0n) is 13.5. The molecule has 3 saturated heterocycles. The first-order valence-electron chi connectivity index (χ1n) is 8.30. The molecule has 0 spiro atoms. The van der Waals surface area contributed by atoms with Crippen molar-refractivity contribution in [2.24, 2.45) is 5.92 Å². The van der Waals surface area contributed by atoms with Gasteiger partial charge in [-0.3, -0.25) is 9.69 Å². The minimum Gasteiger partial charge on any atom is -0.419 e. The first-order valence-corrected chi connectivity index (χ1v) is 9.11. The summed E-state index contributed by atoms with van der Waals surface area (Å²) in [4.78, 5) is 16.0. The molecule has 1 N–H and O–H groups in total. The van der Waals surface area contributed by atoms with E-state index in [-0.39, 0.29) is 11.9 Å². The molecule has 0 aliphatic carbocycles. The van der Waals surface area contributed by atoms with Gasteiger partial charge >= 0.3 is 0 Å². The van der Waals surface area contributed by atoms with Crippen LogP contribution in [0.3, 0.4) is 0 Å². The number of amides is 1. The molecule has 3 fully saturated rings. The summed E-state index contributed by atoms with van der Waals surface area (Å²) < 4.78 is 5.11. The van der Waals surface area contributed by atoms with Gasteiger partial charge in [0.25, 0.3) is 11.1 Å². The Kier molecular flexibility index (Phi) is 4.28. The van der Waals surface area contributed by atoms with Crippen LogP contribution in [0, 0.1) is 5.92 Å². The summed E-state index contributed by atoms with van der Waals surface area (Å²) >= 11 is 1.38. The number of piperidine rings is 3. The molecule has 24 heavy (non-hydrogen) atoms. The van der Waals surface area contributed by atoms with Crippen LogP contribution >= 0.6 is 11.8 Å². The van der Waals surface area contributed by atoms with Gasteiger partial charge in [-0.25, -0.2) is 0 Å². The van der Waals surface area contributed by atoms with Crippen LogP contribution in [0.4, 0.5) is 0 Å². The molecule has 3 aliphatic heterocycles. The van der Waals surface area contributed by atoms with E-state index in [1.54, 1.807) is 0 Å². The van der Waals surface area contributed by atoms with Crippen molar-refractivity contribution in [2.75, 3.05) is 13.1 Å². The molecule has 3 aliphatic rings. The normalized spacial score (nSPS) is 28.7. The van der Waals surface area contributed by atoms with E-state index in [0.29, 0.717) is 22.7 Å². The molecule has 0 unspecified atom stereocenters. The predicted octanol–water partition coefficient (Wildman–Crippen LogP) is 2.43. The monoisotopic (exact) mass is 344 g/mol. The molecule has 1 amide bonds. The zero-order chi connectivity index (χ0) is 16.5. The fourth-order valence-electron chi connectivity index (χ4n) is 3.76. The second-order valence-corrected chi connectivity index (χ2v) is 7.47. The highest BCUT2D eigenvalue weighted by Gasteiger charge is 2.40. The van der Waals surface area contributed by atoms with Gasteiger partial charge in [0.2, 0.25) is 6.39 Å². The van der Waals surface area contributed by atoms with Gasteiger partial charge in [-0.15, -0.1) is 10.2 Å². The van der Waals surface area contributed by atoms with Crippen molar-refractivity contribution >= 4 is 17.7 Å². The number of aromatic nitrogens is 2. The van der Waals surface area contributed by atoms with Gasteiger partial charge in [0.15, 0.2) is 0 Å². The van der Waals surface area contributed by atoms with Crippen LogP contribution in [0.1, 0.15) is 30.1 Å². The Morgan fingerprint density at radius 1 is 1.29 bits per heavy atom. The quantitative estimate of drug-likeness (QED) is 0.918. The highest BCUT2D eigenvalue weighted by Crippen LogP contribution is 2.32. The lowest BCUT2D eigenvalue weighted by Gasteiger charge is -2.49. The van der Waals surface area contributed by atoms with E-state index in [1.807, 2.05) is 24.3 Å². The first kappa shape index (κ1) is 15.7. The second kappa shape index (κ2) is 6.57. The number of rotatable bonds is 4. The van der Waals surface area contributed by atoms with Crippen LogP contribution in [0.5, 0.6) is 0 Å². The molecule has 7 heteroatoms. The number of nitrogens with zero attached hydrogens (tertiary/aromatic N) is 3. The molecule has 126 valence electrons. The summed E-state index contributed by atoms with van der Waals surface area (Å²) in [7, 11) is 0. The molecule has 1 aromatic heterocycles. The molecule has 5 rings (SSSR count). The summed E-state index contributed by atoms with van der Waals surface area (Å²) in [5, 5.41) is 11.2. The van der Waals surface area contributed by atoms with Gasteiger partial charge in [0, 0.05) is 22.5 Å². The summed E-state index contributed by atoms with van der Waals surface area (Å²) in [5.74, 6) is 0.622. The smallest absolute Gasteiger partial charge is 0.281 e. The van der Waals surface area contributed by atoms with E-state index in [1.165, 1.54) is 44.1 Å². The lowest BCUT2D eigenvalue weighted by Crippen LogP contribution is -2.62. The van der Waals surface area contributed by atoms with Gasteiger partial charge in [0.05, 0.1) is 0 Å². The van der Waals surface area contributed by atoms with Crippen LogP contribution < -0.4 is 5.32 Å². The van der Waals surface area contributed by atoms with Crippen LogP contribution in [0.2, 0.25) is 0 Å². The molecule has 0 saturated carbocycles. The average Bonchev–Trinajstić information content (AvgIpc) is 3.12. The topological polar surface area (TPSA) is 71.3 Å². The number of benzene rings is 1. The van der Waals surface area contributed by atoms with Crippen molar-refractivity contribution in [3.05, 3.63) is 36.2 Å². The zero-order valence-corrected chi connectivity index (χ0v) is 14.3. The Balaban J connectivity index is 1.41. The van der Waals surface area contributed by atoms with Gasteiger partial charge in [0.1, 0.15) is 0 Å². The highest BCUT2D eigenvalue weighted by atomic mass is 32.2. The standard InChI is InChI=1S/C17H20N4O2S/c1-11-15(12-6-8-21(11)9-7-12)19-16(22)13-2-4-14(5-3-13)24-17-20-18-10-23-17/h2-5,10-12,15H,6-9H2,1H3,(H,19,22)/t11-,15-/m0/s1. The fraction of sp³-hybridized carbons (Fsp3) is 0.471. The van der Waals surface area contributed by atoms with Crippen molar-refractivity contribution in [1.82, 2.24) is 20.4 Å². The van der Waals surface area contributed by atoms with Crippen molar-refractivity contribution in [3.63, 3.8) is 0 Å². The third kappa shape index (κ3) is 3.06. The van der Waals surface area contributed by atoms with Gasteiger partial charge in [-0.1, -0.05) is 0 Å². The minimum atomic E-state index is 0.00920. The van der Waals surface area contributed by atoms with E-state index < -0.39 is 0 Å². The predicted molar refractivity (Wildman–Crippen MR) is 89.9 cm³/mol. The van der Waals surface area contributed by atoms with Gasteiger partial charge < -0.3 is 9.73 Å². The number of fused-ring (bicyclic) bond motifs is 3. The van der Waals surface area contributed by atoms with Crippen LogP contribution in [0.15, 0.2) is 45.2 Å². The van der Waals surface area contributed by atoms with E-state index in [0.717, 1.165) is 4.90 Å². The first-order chi connectivity index (χ1) is 11.7. The second-order valence-electron chi connectivity index (χ2n) is 6.44. The van der Waals surface area contributed by atoms with E-state index in [4.69, 9.17) is 4.42 Å². The van der Waals surface area contributed by atoms with E-state index >= 15 is 0 Å². The van der Waals surface area contributed by atoms with Gasteiger partial charge in [-0.2, -0.15) is 0 Å². The molecule has 6 nitrogen and oxygen atoms in total. The molecule has 2 aromatic rings. The van der Waals surface area contributed by atoms with Crippen molar-refractivity contribution < 1.29 is 9.21 Å². The fourth-order valence-corrected chi connectivity index (χ4v) is 4.42. The maximum absolute atomic E-state index is 12.6.